The minimum absolute atomic E-state index is 0.0659. The highest BCUT2D eigenvalue weighted by Crippen LogP contribution is 2.35. The van der Waals surface area contributed by atoms with Crippen LogP contribution in [0.4, 0.5) is 0 Å². The zero-order valence-corrected chi connectivity index (χ0v) is 14.7. The lowest BCUT2D eigenvalue weighted by Crippen LogP contribution is -2.39. The molecule has 0 saturated heterocycles. The normalized spacial score (nSPS) is 27.5. The Bertz CT molecular complexity index is 497. The molecule has 1 aromatic rings. The molecular formula is C20H30O3. The van der Waals surface area contributed by atoms with E-state index in [1.807, 2.05) is 37.3 Å². The van der Waals surface area contributed by atoms with Crippen molar-refractivity contribution in [2.24, 2.45) is 17.8 Å². The van der Waals surface area contributed by atoms with Crippen molar-refractivity contribution in [3.8, 4) is 0 Å². The average molecular weight is 318 g/mol. The fourth-order valence-electron chi connectivity index (χ4n) is 3.61. The van der Waals surface area contributed by atoms with Crippen LogP contribution in [0.2, 0.25) is 0 Å². The van der Waals surface area contributed by atoms with Crippen LogP contribution in [-0.4, -0.2) is 23.3 Å². The average Bonchev–Trinajstić information content (AvgIpc) is 2.54. The van der Waals surface area contributed by atoms with Crippen LogP contribution in [0.25, 0.3) is 0 Å². The van der Waals surface area contributed by atoms with Crippen LogP contribution in [0.1, 0.15) is 58.4 Å². The van der Waals surface area contributed by atoms with E-state index in [1.165, 1.54) is 6.42 Å². The molecule has 0 radical (unpaired) electrons. The number of carbonyl (C=O) groups is 1. The lowest BCUT2D eigenvalue weighted by Gasteiger charge is -2.37. The Morgan fingerprint density at radius 1 is 1.17 bits per heavy atom. The molecule has 0 aliphatic heterocycles. The number of hydrogen-bond acceptors (Lipinski definition) is 3. The molecule has 1 fully saturated rings. The number of rotatable bonds is 5. The van der Waals surface area contributed by atoms with E-state index in [0.29, 0.717) is 17.8 Å². The lowest BCUT2D eigenvalue weighted by molar-refractivity contribution is -0.167. The minimum atomic E-state index is -1.11. The molecule has 1 saturated carbocycles. The molecule has 0 aromatic heterocycles. The molecule has 3 heteroatoms. The van der Waals surface area contributed by atoms with Gasteiger partial charge in [-0.3, -0.25) is 0 Å². The molecule has 0 spiro atoms. The summed E-state index contributed by atoms with van der Waals surface area (Å²) in [5.41, 5.74) is 0.953. The van der Waals surface area contributed by atoms with E-state index < -0.39 is 12.1 Å². The summed E-state index contributed by atoms with van der Waals surface area (Å²) < 4.78 is 5.75. The summed E-state index contributed by atoms with van der Waals surface area (Å²) in [5, 5.41) is 10.4. The molecule has 0 bridgehead atoms. The van der Waals surface area contributed by atoms with Crippen molar-refractivity contribution in [1.82, 2.24) is 0 Å². The Balaban J connectivity index is 2.01. The fourth-order valence-corrected chi connectivity index (χ4v) is 3.61. The molecule has 23 heavy (non-hydrogen) atoms. The van der Waals surface area contributed by atoms with E-state index in [2.05, 4.69) is 20.8 Å². The van der Waals surface area contributed by atoms with Gasteiger partial charge in [-0.05, 0) is 36.2 Å². The van der Waals surface area contributed by atoms with E-state index in [-0.39, 0.29) is 12.0 Å². The summed E-state index contributed by atoms with van der Waals surface area (Å²) in [5.74, 6) is 0.721. The predicted molar refractivity (Wildman–Crippen MR) is 92.1 cm³/mol. The monoisotopic (exact) mass is 318 g/mol. The second-order valence-corrected chi connectivity index (χ2v) is 7.45. The third-order valence-electron chi connectivity index (χ3n) is 5.27. The number of hydrogen-bond donors (Lipinski definition) is 1. The van der Waals surface area contributed by atoms with Gasteiger partial charge in [0.05, 0.1) is 0 Å². The Hall–Kier alpha value is -1.35. The van der Waals surface area contributed by atoms with E-state index >= 15 is 0 Å². The fraction of sp³-hybridized carbons (Fsp3) is 0.650. The molecule has 5 unspecified atom stereocenters. The van der Waals surface area contributed by atoms with Gasteiger partial charge in [0.15, 0.2) is 6.10 Å². The SMILES string of the molecule is CC1CCC(C(C)C)C(OC(=O)C(O)C(C)c2ccccc2)C1. The van der Waals surface area contributed by atoms with Crippen LogP contribution >= 0.6 is 0 Å². The van der Waals surface area contributed by atoms with E-state index in [0.717, 1.165) is 18.4 Å². The topological polar surface area (TPSA) is 46.5 Å². The van der Waals surface area contributed by atoms with Gasteiger partial charge in [0.2, 0.25) is 0 Å². The van der Waals surface area contributed by atoms with Gasteiger partial charge >= 0.3 is 5.97 Å². The van der Waals surface area contributed by atoms with Crippen LogP contribution in [0.3, 0.4) is 0 Å². The van der Waals surface area contributed by atoms with Gasteiger partial charge in [0.25, 0.3) is 0 Å². The number of aliphatic hydroxyl groups excluding tert-OH is 1. The van der Waals surface area contributed by atoms with Crippen molar-refractivity contribution in [3.63, 3.8) is 0 Å². The first kappa shape index (κ1) is 18.0. The number of aliphatic hydroxyl groups is 1. The standard InChI is InChI=1S/C20H30O3/c1-13(2)17-11-10-14(3)12-18(17)23-20(22)19(21)15(4)16-8-6-5-7-9-16/h5-9,13-15,17-19,21H,10-12H2,1-4H3. The van der Waals surface area contributed by atoms with Gasteiger partial charge in [-0.15, -0.1) is 0 Å². The van der Waals surface area contributed by atoms with Gasteiger partial charge in [0.1, 0.15) is 6.10 Å². The van der Waals surface area contributed by atoms with Crippen LogP contribution in [0.15, 0.2) is 30.3 Å². The summed E-state index contributed by atoms with van der Waals surface area (Å²) in [6, 6.07) is 9.63. The summed E-state index contributed by atoms with van der Waals surface area (Å²) in [6.45, 7) is 8.44. The molecule has 1 aliphatic carbocycles. The van der Waals surface area contributed by atoms with E-state index in [9.17, 15) is 9.90 Å². The molecule has 0 amide bonds. The third-order valence-corrected chi connectivity index (χ3v) is 5.27. The van der Waals surface area contributed by atoms with Crippen LogP contribution < -0.4 is 0 Å². The smallest absolute Gasteiger partial charge is 0.335 e. The van der Waals surface area contributed by atoms with Crippen LogP contribution in [0.5, 0.6) is 0 Å². The molecule has 2 rings (SSSR count). The highest BCUT2D eigenvalue weighted by molar-refractivity contribution is 5.76. The van der Waals surface area contributed by atoms with E-state index in [4.69, 9.17) is 4.74 Å². The molecule has 128 valence electrons. The Morgan fingerprint density at radius 3 is 2.43 bits per heavy atom. The van der Waals surface area contributed by atoms with Gasteiger partial charge in [-0.25, -0.2) is 4.79 Å². The largest absolute Gasteiger partial charge is 0.460 e. The van der Waals surface area contributed by atoms with Crippen LogP contribution in [0, 0.1) is 17.8 Å². The van der Waals surface area contributed by atoms with Crippen molar-refractivity contribution in [3.05, 3.63) is 35.9 Å². The number of benzene rings is 1. The molecular weight excluding hydrogens is 288 g/mol. The summed E-state index contributed by atoms with van der Waals surface area (Å²) >= 11 is 0. The predicted octanol–water partition coefficient (Wildman–Crippen LogP) is 4.16. The maximum Gasteiger partial charge on any atom is 0.335 e. The Labute approximate surface area is 140 Å². The quantitative estimate of drug-likeness (QED) is 0.829. The van der Waals surface area contributed by atoms with Gasteiger partial charge in [-0.2, -0.15) is 0 Å². The van der Waals surface area contributed by atoms with E-state index in [1.54, 1.807) is 0 Å². The summed E-state index contributed by atoms with van der Waals surface area (Å²) in [4.78, 5) is 12.4. The summed E-state index contributed by atoms with van der Waals surface area (Å²) in [7, 11) is 0. The number of carbonyl (C=O) groups excluding carboxylic acids is 1. The maximum absolute atomic E-state index is 12.4. The van der Waals surface area contributed by atoms with Crippen molar-refractivity contribution in [1.29, 1.82) is 0 Å². The minimum Gasteiger partial charge on any atom is -0.460 e. The Kier molecular flexibility index (Phi) is 6.23. The van der Waals surface area contributed by atoms with Crippen molar-refractivity contribution < 1.29 is 14.6 Å². The van der Waals surface area contributed by atoms with Crippen LogP contribution in [-0.2, 0) is 9.53 Å². The molecule has 1 aliphatic rings. The highest BCUT2D eigenvalue weighted by atomic mass is 16.6. The second kappa shape index (κ2) is 7.96. The molecule has 3 nitrogen and oxygen atoms in total. The maximum atomic E-state index is 12.4. The zero-order chi connectivity index (χ0) is 17.0. The molecule has 0 heterocycles. The lowest BCUT2D eigenvalue weighted by atomic mass is 9.75. The van der Waals surface area contributed by atoms with Crippen molar-refractivity contribution in [2.75, 3.05) is 0 Å². The number of ether oxygens (including phenoxy) is 1. The summed E-state index contributed by atoms with van der Waals surface area (Å²) in [6.07, 6.45) is 2.02. The van der Waals surface area contributed by atoms with Crippen molar-refractivity contribution >= 4 is 5.97 Å². The van der Waals surface area contributed by atoms with Gasteiger partial charge in [0, 0.05) is 5.92 Å². The first-order chi connectivity index (χ1) is 10.9. The van der Waals surface area contributed by atoms with Crippen molar-refractivity contribution in [2.45, 2.75) is 65.1 Å². The van der Waals surface area contributed by atoms with Gasteiger partial charge in [-0.1, -0.05) is 64.4 Å². The van der Waals surface area contributed by atoms with Gasteiger partial charge < -0.3 is 9.84 Å². The number of esters is 1. The first-order valence-corrected chi connectivity index (χ1v) is 8.83. The third kappa shape index (κ3) is 4.57. The molecule has 1 N–H and O–H groups in total. The Morgan fingerprint density at radius 2 is 1.83 bits per heavy atom. The zero-order valence-electron chi connectivity index (χ0n) is 14.7. The molecule has 1 aromatic carbocycles. The molecule has 5 atom stereocenters. The highest BCUT2D eigenvalue weighted by Gasteiger charge is 2.35. The second-order valence-electron chi connectivity index (χ2n) is 7.45. The first-order valence-electron chi connectivity index (χ1n) is 8.83.